The van der Waals surface area contributed by atoms with Gasteiger partial charge in [0.05, 0.1) is 0 Å². The summed E-state index contributed by atoms with van der Waals surface area (Å²) in [5, 5.41) is 0. The van der Waals surface area contributed by atoms with Crippen LogP contribution in [0, 0.1) is 11.6 Å². The topological polar surface area (TPSA) is 68.3 Å². The molecule has 0 aliphatic carbocycles. The Morgan fingerprint density at radius 2 is 1.52 bits per heavy atom. The second-order valence-corrected chi connectivity index (χ2v) is 6.64. The molecule has 0 spiro atoms. The zero-order valence-corrected chi connectivity index (χ0v) is 13.5. The van der Waals surface area contributed by atoms with Gasteiger partial charge in [0, 0.05) is 24.1 Å². The lowest BCUT2D eigenvalue weighted by Crippen LogP contribution is -2.14. The maximum atomic E-state index is 13.7. The zero-order chi connectivity index (χ0) is 17.9. The molecule has 1 heterocycles. The molecule has 5 nitrogen and oxygen atoms in total. The minimum Gasteiger partial charge on any atom is -0.457 e. The van der Waals surface area contributed by atoms with Crippen molar-refractivity contribution < 1.29 is 21.9 Å². The van der Waals surface area contributed by atoms with Gasteiger partial charge in [0.25, 0.3) is 10.0 Å². The molecule has 0 fully saturated rings. The molecule has 0 saturated heterocycles. The molecule has 0 aliphatic heterocycles. The van der Waals surface area contributed by atoms with Crippen LogP contribution in [-0.4, -0.2) is 13.4 Å². The molecule has 3 rings (SSSR count). The molecule has 0 amide bonds. The first-order valence-corrected chi connectivity index (χ1v) is 8.58. The average Bonchev–Trinajstić information content (AvgIpc) is 2.57. The van der Waals surface area contributed by atoms with Gasteiger partial charge in [0.2, 0.25) is 0 Å². The van der Waals surface area contributed by atoms with E-state index in [1.165, 1.54) is 12.1 Å². The summed E-state index contributed by atoms with van der Waals surface area (Å²) in [6, 6.07) is 11.7. The summed E-state index contributed by atoms with van der Waals surface area (Å²) in [6.45, 7) is 0. The predicted octanol–water partition coefficient (Wildman–Crippen LogP) is 3.95. The lowest BCUT2D eigenvalue weighted by Gasteiger charge is -2.10. The Hall–Kier alpha value is -3.00. The van der Waals surface area contributed by atoms with Crippen LogP contribution in [0.1, 0.15) is 0 Å². The fourth-order valence-electron chi connectivity index (χ4n) is 2.04. The molecule has 128 valence electrons. The third-order valence-corrected chi connectivity index (χ3v) is 4.59. The molecule has 0 bridgehead atoms. The summed E-state index contributed by atoms with van der Waals surface area (Å²) < 4.78 is 58.8. The van der Waals surface area contributed by atoms with Gasteiger partial charge in [-0.15, -0.1) is 0 Å². The Morgan fingerprint density at radius 3 is 2.16 bits per heavy atom. The van der Waals surface area contributed by atoms with Crippen LogP contribution in [-0.2, 0) is 10.0 Å². The Balaban J connectivity index is 1.76. The number of benzene rings is 2. The first kappa shape index (κ1) is 16.8. The minimum atomic E-state index is -4.17. The van der Waals surface area contributed by atoms with Crippen molar-refractivity contribution in [3.63, 3.8) is 0 Å². The summed E-state index contributed by atoms with van der Waals surface area (Å²) in [4.78, 5) is 3.24. The second kappa shape index (κ2) is 6.86. The minimum absolute atomic E-state index is 0.214. The molecule has 0 saturated carbocycles. The van der Waals surface area contributed by atoms with Crippen LogP contribution < -0.4 is 9.46 Å². The predicted molar refractivity (Wildman–Crippen MR) is 87.9 cm³/mol. The second-order valence-electron chi connectivity index (χ2n) is 4.99. The van der Waals surface area contributed by atoms with Gasteiger partial charge in [-0.2, -0.15) is 0 Å². The SMILES string of the molecule is O=S(=O)(Nc1ccc(Oc2ccncc2)cc1)c1ccc(F)cc1F. The van der Waals surface area contributed by atoms with E-state index in [9.17, 15) is 17.2 Å². The van der Waals surface area contributed by atoms with E-state index in [-0.39, 0.29) is 5.69 Å². The van der Waals surface area contributed by atoms with Gasteiger partial charge in [0.15, 0.2) is 0 Å². The van der Waals surface area contributed by atoms with Crippen molar-refractivity contribution in [2.75, 3.05) is 4.72 Å². The Bertz CT molecular complexity index is 979. The molecule has 3 aromatic rings. The van der Waals surface area contributed by atoms with Crippen LogP contribution in [0.15, 0.2) is 71.9 Å². The number of anilines is 1. The zero-order valence-electron chi connectivity index (χ0n) is 12.7. The van der Waals surface area contributed by atoms with Crippen molar-refractivity contribution in [3.8, 4) is 11.5 Å². The highest BCUT2D eigenvalue weighted by Gasteiger charge is 2.19. The summed E-state index contributed by atoms with van der Waals surface area (Å²) in [7, 11) is -4.17. The summed E-state index contributed by atoms with van der Waals surface area (Å²) in [5.41, 5.74) is 0.214. The Kier molecular flexibility index (Phi) is 4.62. The standard InChI is InChI=1S/C17H12F2N2O3S/c18-12-1-6-17(16(19)11-12)25(22,23)21-13-2-4-14(5-3-13)24-15-7-9-20-10-8-15/h1-11,21H. The highest BCUT2D eigenvalue weighted by Crippen LogP contribution is 2.24. The maximum Gasteiger partial charge on any atom is 0.264 e. The number of hydrogen-bond donors (Lipinski definition) is 1. The van der Waals surface area contributed by atoms with Crippen molar-refractivity contribution in [3.05, 3.63) is 78.6 Å². The normalized spacial score (nSPS) is 11.1. The van der Waals surface area contributed by atoms with Crippen LogP contribution in [0.4, 0.5) is 14.5 Å². The third kappa shape index (κ3) is 4.10. The molecular formula is C17H12F2N2O3S. The maximum absolute atomic E-state index is 13.7. The van der Waals surface area contributed by atoms with Gasteiger partial charge in [-0.05, 0) is 48.5 Å². The molecule has 2 aromatic carbocycles. The summed E-state index contributed by atoms with van der Waals surface area (Å²) in [6.07, 6.45) is 3.16. The highest BCUT2D eigenvalue weighted by molar-refractivity contribution is 7.92. The van der Waals surface area contributed by atoms with E-state index in [2.05, 4.69) is 9.71 Å². The molecule has 25 heavy (non-hydrogen) atoms. The molecule has 0 atom stereocenters. The Morgan fingerprint density at radius 1 is 0.880 bits per heavy atom. The van der Waals surface area contributed by atoms with Crippen molar-refractivity contribution in [2.24, 2.45) is 0 Å². The molecule has 0 unspecified atom stereocenters. The monoisotopic (exact) mass is 362 g/mol. The number of nitrogens with zero attached hydrogens (tertiary/aromatic N) is 1. The Labute approximate surface area is 143 Å². The van der Waals surface area contributed by atoms with E-state index in [4.69, 9.17) is 4.74 Å². The van der Waals surface area contributed by atoms with E-state index in [1.54, 1.807) is 36.7 Å². The number of aromatic nitrogens is 1. The summed E-state index contributed by atoms with van der Waals surface area (Å²) >= 11 is 0. The number of ether oxygens (including phenoxy) is 1. The van der Waals surface area contributed by atoms with Crippen molar-refractivity contribution in [1.29, 1.82) is 0 Å². The lowest BCUT2D eigenvalue weighted by molar-refractivity contribution is 0.482. The number of sulfonamides is 1. The van der Waals surface area contributed by atoms with Crippen LogP contribution in [0.3, 0.4) is 0 Å². The smallest absolute Gasteiger partial charge is 0.264 e. The van der Waals surface area contributed by atoms with Crippen LogP contribution in [0.2, 0.25) is 0 Å². The quantitative estimate of drug-likeness (QED) is 0.746. The lowest BCUT2D eigenvalue weighted by atomic mass is 10.3. The van der Waals surface area contributed by atoms with E-state index < -0.39 is 26.6 Å². The fraction of sp³-hybridized carbons (Fsp3) is 0. The van der Waals surface area contributed by atoms with Gasteiger partial charge < -0.3 is 4.74 Å². The average molecular weight is 362 g/mol. The highest BCUT2D eigenvalue weighted by atomic mass is 32.2. The first-order valence-electron chi connectivity index (χ1n) is 7.10. The molecule has 1 N–H and O–H groups in total. The van der Waals surface area contributed by atoms with Gasteiger partial charge in [0.1, 0.15) is 28.0 Å². The number of halogens is 2. The largest absolute Gasteiger partial charge is 0.457 e. The van der Waals surface area contributed by atoms with Gasteiger partial charge in [-0.1, -0.05) is 0 Å². The molecule has 0 radical (unpaired) electrons. The van der Waals surface area contributed by atoms with Gasteiger partial charge in [-0.25, -0.2) is 17.2 Å². The molecular weight excluding hydrogens is 350 g/mol. The van der Waals surface area contributed by atoms with E-state index in [0.29, 0.717) is 17.6 Å². The van der Waals surface area contributed by atoms with Gasteiger partial charge in [-0.3, -0.25) is 9.71 Å². The van der Waals surface area contributed by atoms with E-state index >= 15 is 0 Å². The number of pyridine rings is 1. The van der Waals surface area contributed by atoms with Crippen molar-refractivity contribution in [2.45, 2.75) is 4.90 Å². The van der Waals surface area contributed by atoms with E-state index in [1.807, 2.05) is 0 Å². The number of nitrogens with one attached hydrogen (secondary N) is 1. The first-order chi connectivity index (χ1) is 11.9. The molecule has 1 aromatic heterocycles. The molecule has 8 heteroatoms. The number of rotatable bonds is 5. The number of hydrogen-bond acceptors (Lipinski definition) is 4. The van der Waals surface area contributed by atoms with Gasteiger partial charge >= 0.3 is 0 Å². The van der Waals surface area contributed by atoms with Crippen LogP contribution >= 0.6 is 0 Å². The molecule has 0 aliphatic rings. The van der Waals surface area contributed by atoms with Crippen LogP contribution in [0.25, 0.3) is 0 Å². The van der Waals surface area contributed by atoms with E-state index in [0.717, 1.165) is 12.1 Å². The summed E-state index contributed by atoms with van der Waals surface area (Å²) in [5.74, 6) is -0.946. The fourth-order valence-corrected chi connectivity index (χ4v) is 3.16. The van der Waals surface area contributed by atoms with Crippen LogP contribution in [0.5, 0.6) is 11.5 Å². The third-order valence-electron chi connectivity index (χ3n) is 3.18. The van der Waals surface area contributed by atoms with Crippen molar-refractivity contribution in [1.82, 2.24) is 4.98 Å². The van der Waals surface area contributed by atoms with Crippen molar-refractivity contribution >= 4 is 15.7 Å².